The maximum Gasteiger partial charge on any atom is 0.243 e. The van der Waals surface area contributed by atoms with Crippen LogP contribution in [0.25, 0.3) is 0 Å². The molecule has 1 aromatic heterocycles. The fourth-order valence-corrected chi connectivity index (χ4v) is 4.93. The second-order valence-corrected chi connectivity index (χ2v) is 9.31. The lowest BCUT2D eigenvalue weighted by atomic mass is 9.97. The van der Waals surface area contributed by atoms with E-state index < -0.39 is 10.0 Å². The van der Waals surface area contributed by atoms with Gasteiger partial charge < -0.3 is 14.6 Å². The van der Waals surface area contributed by atoms with Crippen LogP contribution in [0.4, 0.5) is 5.82 Å². The van der Waals surface area contributed by atoms with Gasteiger partial charge in [-0.2, -0.15) is 4.31 Å². The second kappa shape index (κ2) is 8.91. The number of benzene rings is 2. The first-order valence-corrected chi connectivity index (χ1v) is 11.4. The molecule has 2 aromatic carbocycles. The predicted octanol–water partition coefficient (Wildman–Crippen LogP) is 3.81. The van der Waals surface area contributed by atoms with Crippen molar-refractivity contribution in [1.29, 1.82) is 0 Å². The van der Waals surface area contributed by atoms with Gasteiger partial charge in [0.15, 0.2) is 5.82 Å². The number of aryl methyl sites for hydroxylation is 1. The maximum atomic E-state index is 13.0. The molecule has 1 aliphatic heterocycles. The molecular formula is C22H23N3O5S. The van der Waals surface area contributed by atoms with Crippen molar-refractivity contribution in [3.05, 3.63) is 66.4 Å². The van der Waals surface area contributed by atoms with Gasteiger partial charge in [0.2, 0.25) is 15.9 Å². The van der Waals surface area contributed by atoms with Gasteiger partial charge in [-0.1, -0.05) is 23.4 Å². The maximum absolute atomic E-state index is 13.0. The minimum absolute atomic E-state index is 0.173. The van der Waals surface area contributed by atoms with E-state index in [4.69, 9.17) is 9.26 Å². The summed E-state index contributed by atoms with van der Waals surface area (Å²) in [6, 6.07) is 17.3. The van der Waals surface area contributed by atoms with Crippen LogP contribution in [0.3, 0.4) is 0 Å². The van der Waals surface area contributed by atoms with Gasteiger partial charge >= 0.3 is 0 Å². The number of carbonyl (C=O) groups excluding carboxylic acids is 1. The third-order valence-electron chi connectivity index (χ3n) is 5.14. The topological polar surface area (TPSA) is 102 Å². The van der Waals surface area contributed by atoms with E-state index in [0.29, 0.717) is 35.9 Å². The number of para-hydroxylation sites is 1. The first kappa shape index (κ1) is 21.1. The summed E-state index contributed by atoms with van der Waals surface area (Å²) in [7, 11) is -3.64. The fourth-order valence-electron chi connectivity index (χ4n) is 3.47. The summed E-state index contributed by atoms with van der Waals surface area (Å²) in [5.74, 6) is 1.77. The second-order valence-electron chi connectivity index (χ2n) is 7.38. The Labute approximate surface area is 180 Å². The summed E-state index contributed by atoms with van der Waals surface area (Å²) in [4.78, 5) is 12.6. The Bertz CT molecular complexity index is 1140. The van der Waals surface area contributed by atoms with Crippen LogP contribution in [-0.2, 0) is 14.8 Å². The number of aromatic nitrogens is 1. The fraction of sp³-hybridized carbons (Fsp3) is 0.273. The van der Waals surface area contributed by atoms with Crippen LogP contribution in [0, 0.1) is 12.8 Å². The van der Waals surface area contributed by atoms with Crippen molar-refractivity contribution in [3.8, 4) is 11.5 Å². The molecule has 0 atom stereocenters. The van der Waals surface area contributed by atoms with Gasteiger partial charge in [-0.15, -0.1) is 0 Å². The Morgan fingerprint density at radius 2 is 1.71 bits per heavy atom. The number of carbonyl (C=O) groups is 1. The van der Waals surface area contributed by atoms with Gasteiger partial charge in [-0.3, -0.25) is 4.79 Å². The van der Waals surface area contributed by atoms with E-state index in [9.17, 15) is 13.2 Å². The van der Waals surface area contributed by atoms with Crippen molar-refractivity contribution in [2.24, 2.45) is 5.92 Å². The molecule has 1 N–H and O–H groups in total. The van der Waals surface area contributed by atoms with E-state index in [1.54, 1.807) is 37.3 Å². The van der Waals surface area contributed by atoms with Crippen LogP contribution < -0.4 is 10.1 Å². The SMILES string of the molecule is Cc1cc(NC(=O)C2CCN(S(=O)(=O)c3ccc(Oc4ccccc4)cc3)CC2)no1. The molecule has 162 valence electrons. The summed E-state index contributed by atoms with van der Waals surface area (Å²) in [5, 5.41) is 6.47. The average molecular weight is 442 g/mol. The van der Waals surface area contributed by atoms with Crippen molar-refractivity contribution < 1.29 is 22.5 Å². The van der Waals surface area contributed by atoms with Gasteiger partial charge in [0.05, 0.1) is 4.90 Å². The molecule has 31 heavy (non-hydrogen) atoms. The van der Waals surface area contributed by atoms with E-state index in [-0.39, 0.29) is 29.8 Å². The molecule has 1 amide bonds. The van der Waals surface area contributed by atoms with Crippen LogP contribution in [0.2, 0.25) is 0 Å². The van der Waals surface area contributed by atoms with Crippen molar-refractivity contribution in [2.75, 3.05) is 18.4 Å². The molecule has 3 aromatic rings. The lowest BCUT2D eigenvalue weighted by Gasteiger charge is -2.30. The lowest BCUT2D eigenvalue weighted by Crippen LogP contribution is -2.41. The molecule has 8 nitrogen and oxygen atoms in total. The van der Waals surface area contributed by atoms with Crippen LogP contribution in [-0.4, -0.2) is 36.9 Å². The van der Waals surface area contributed by atoms with Gasteiger partial charge in [0.1, 0.15) is 17.3 Å². The molecular weight excluding hydrogens is 418 g/mol. The number of rotatable bonds is 6. The first-order valence-electron chi connectivity index (χ1n) is 9.99. The molecule has 1 aliphatic rings. The Kier molecular flexibility index (Phi) is 6.06. The van der Waals surface area contributed by atoms with Crippen LogP contribution in [0.1, 0.15) is 18.6 Å². The zero-order valence-corrected chi connectivity index (χ0v) is 17.8. The highest BCUT2D eigenvalue weighted by molar-refractivity contribution is 7.89. The monoisotopic (exact) mass is 441 g/mol. The normalized spacial score (nSPS) is 15.5. The summed E-state index contributed by atoms with van der Waals surface area (Å²) in [6.07, 6.45) is 0.883. The Morgan fingerprint density at radius 3 is 2.32 bits per heavy atom. The van der Waals surface area contributed by atoms with E-state index in [0.717, 1.165) is 0 Å². The van der Waals surface area contributed by atoms with Crippen molar-refractivity contribution in [2.45, 2.75) is 24.7 Å². The number of hydrogen-bond donors (Lipinski definition) is 1. The van der Waals surface area contributed by atoms with Crippen LogP contribution >= 0.6 is 0 Å². The molecule has 4 rings (SSSR count). The molecule has 0 unspecified atom stereocenters. The molecule has 2 heterocycles. The number of nitrogens with one attached hydrogen (secondary N) is 1. The van der Waals surface area contributed by atoms with Gasteiger partial charge in [-0.25, -0.2) is 8.42 Å². The number of ether oxygens (including phenoxy) is 1. The number of amides is 1. The minimum Gasteiger partial charge on any atom is -0.457 e. The highest BCUT2D eigenvalue weighted by Gasteiger charge is 2.32. The Morgan fingerprint density at radius 1 is 1.06 bits per heavy atom. The highest BCUT2D eigenvalue weighted by Crippen LogP contribution is 2.27. The number of anilines is 1. The Balaban J connectivity index is 1.35. The van der Waals surface area contributed by atoms with E-state index in [1.165, 1.54) is 4.31 Å². The molecule has 1 saturated heterocycles. The number of hydrogen-bond acceptors (Lipinski definition) is 6. The Hall–Kier alpha value is -3.17. The third-order valence-corrected chi connectivity index (χ3v) is 7.06. The van der Waals surface area contributed by atoms with Gasteiger partial charge in [0, 0.05) is 25.1 Å². The molecule has 0 bridgehead atoms. The minimum atomic E-state index is -3.64. The molecule has 1 fully saturated rings. The summed E-state index contributed by atoms with van der Waals surface area (Å²) in [6.45, 7) is 2.30. The molecule has 0 spiro atoms. The smallest absolute Gasteiger partial charge is 0.243 e. The van der Waals surface area contributed by atoms with Crippen LogP contribution in [0.5, 0.6) is 11.5 Å². The number of piperidine rings is 1. The van der Waals surface area contributed by atoms with Gasteiger partial charge in [0.25, 0.3) is 0 Å². The summed E-state index contributed by atoms with van der Waals surface area (Å²) >= 11 is 0. The highest BCUT2D eigenvalue weighted by atomic mass is 32.2. The van der Waals surface area contributed by atoms with E-state index in [1.807, 2.05) is 30.3 Å². The standard InChI is InChI=1S/C22H23N3O5S/c1-16-15-21(24-30-16)23-22(26)17-11-13-25(14-12-17)31(27,28)20-9-7-19(8-10-20)29-18-5-3-2-4-6-18/h2-10,15,17H,11-14H2,1H3,(H,23,24,26). The van der Waals surface area contributed by atoms with Crippen molar-refractivity contribution >= 4 is 21.7 Å². The predicted molar refractivity (Wildman–Crippen MR) is 114 cm³/mol. The lowest BCUT2D eigenvalue weighted by molar-refractivity contribution is -0.120. The van der Waals surface area contributed by atoms with E-state index >= 15 is 0 Å². The molecule has 0 radical (unpaired) electrons. The largest absolute Gasteiger partial charge is 0.457 e. The summed E-state index contributed by atoms with van der Waals surface area (Å²) < 4.78 is 38.1. The first-order chi connectivity index (χ1) is 14.9. The average Bonchev–Trinajstić information content (AvgIpc) is 3.19. The quantitative estimate of drug-likeness (QED) is 0.624. The van der Waals surface area contributed by atoms with Crippen LogP contribution in [0.15, 0.2) is 70.1 Å². The number of sulfonamides is 1. The molecule has 9 heteroatoms. The van der Waals surface area contributed by atoms with Gasteiger partial charge in [-0.05, 0) is 56.2 Å². The van der Waals surface area contributed by atoms with Crippen molar-refractivity contribution in [1.82, 2.24) is 9.46 Å². The zero-order valence-electron chi connectivity index (χ0n) is 17.0. The number of nitrogens with zero attached hydrogens (tertiary/aromatic N) is 2. The van der Waals surface area contributed by atoms with Crippen molar-refractivity contribution in [3.63, 3.8) is 0 Å². The molecule has 0 aliphatic carbocycles. The molecule has 0 saturated carbocycles. The zero-order chi connectivity index (χ0) is 21.8. The van der Waals surface area contributed by atoms with E-state index in [2.05, 4.69) is 10.5 Å². The third kappa shape index (κ3) is 4.95. The summed E-state index contributed by atoms with van der Waals surface area (Å²) in [5.41, 5.74) is 0.